The van der Waals surface area contributed by atoms with Crippen molar-refractivity contribution in [3.05, 3.63) is 146 Å². The van der Waals surface area contributed by atoms with Gasteiger partial charge in [-0.15, -0.1) is 0 Å². The van der Waals surface area contributed by atoms with Crippen LogP contribution in [0.5, 0.6) is 0 Å². The summed E-state index contributed by atoms with van der Waals surface area (Å²) in [6, 6.07) is 51.9. The van der Waals surface area contributed by atoms with Gasteiger partial charge in [-0.2, -0.15) is 0 Å². The minimum atomic E-state index is 0.982. The molecule has 0 N–H and O–H groups in total. The third-order valence-corrected chi connectivity index (χ3v) is 7.76. The number of aromatic nitrogens is 2. The van der Waals surface area contributed by atoms with Gasteiger partial charge in [0.25, 0.3) is 0 Å². The van der Waals surface area contributed by atoms with Gasteiger partial charge in [-0.05, 0) is 58.3 Å². The third kappa shape index (κ3) is 3.46. The normalized spacial score (nSPS) is 11.6. The first-order valence-electron chi connectivity index (χ1n) is 13.3. The van der Waals surface area contributed by atoms with Crippen molar-refractivity contribution >= 4 is 43.5 Å². The Labute approximate surface area is 226 Å². The second-order valence-electron chi connectivity index (χ2n) is 10.0. The fourth-order valence-corrected chi connectivity index (χ4v) is 6.00. The highest BCUT2D eigenvalue weighted by Crippen LogP contribution is 2.38. The molecule has 2 heterocycles. The molecule has 182 valence electrons. The molecule has 2 aromatic heterocycles. The zero-order valence-electron chi connectivity index (χ0n) is 21.3. The summed E-state index contributed by atoms with van der Waals surface area (Å²) < 4.78 is 2.38. The summed E-state index contributed by atoms with van der Waals surface area (Å²) in [5.74, 6) is 0. The molecule has 0 amide bonds. The number of pyridine rings is 1. The van der Waals surface area contributed by atoms with Crippen molar-refractivity contribution in [2.45, 2.75) is 0 Å². The first-order chi connectivity index (χ1) is 19.3. The van der Waals surface area contributed by atoms with E-state index in [9.17, 15) is 0 Å². The lowest BCUT2D eigenvalue weighted by molar-refractivity contribution is 1.18. The number of hydrogen-bond acceptors (Lipinski definition) is 1. The quantitative estimate of drug-likeness (QED) is 0.223. The van der Waals surface area contributed by atoms with Crippen molar-refractivity contribution in [2.24, 2.45) is 0 Å². The lowest BCUT2D eigenvalue weighted by Crippen LogP contribution is -1.95. The molecule has 0 radical (unpaired) electrons. The molecule has 2 heteroatoms. The van der Waals surface area contributed by atoms with E-state index < -0.39 is 0 Å². The van der Waals surface area contributed by atoms with E-state index >= 15 is 0 Å². The molecule has 0 aliphatic carbocycles. The molecule has 8 rings (SSSR count). The van der Waals surface area contributed by atoms with Crippen LogP contribution < -0.4 is 0 Å². The number of nitrogens with zero attached hydrogens (tertiary/aromatic N) is 2. The first kappa shape index (κ1) is 21.8. The Kier molecular flexibility index (Phi) is 4.86. The predicted octanol–water partition coefficient (Wildman–Crippen LogP) is 9.82. The highest BCUT2D eigenvalue weighted by atomic mass is 15.0. The van der Waals surface area contributed by atoms with Crippen molar-refractivity contribution in [1.29, 1.82) is 0 Å². The average Bonchev–Trinajstić information content (AvgIpc) is 3.35. The van der Waals surface area contributed by atoms with E-state index in [4.69, 9.17) is 4.98 Å². The molecule has 8 aromatic rings. The first-order valence-corrected chi connectivity index (χ1v) is 13.3. The molecule has 6 aromatic carbocycles. The standard InChI is InChI=1S/C37H24N2/c1-2-12-26(13-3-1)34-24-32(37-29-16-5-4-11-25(29)21-22-33(37)38-34)27-14-10-15-28(23-27)39-35-19-8-6-17-30(35)31-18-7-9-20-36(31)39/h1-24H. The monoisotopic (exact) mass is 496 g/mol. The van der Waals surface area contributed by atoms with Crippen LogP contribution in [0.2, 0.25) is 0 Å². The van der Waals surface area contributed by atoms with Crippen LogP contribution in [-0.2, 0) is 0 Å². The smallest absolute Gasteiger partial charge is 0.0722 e. The van der Waals surface area contributed by atoms with E-state index in [1.807, 2.05) is 6.07 Å². The maximum Gasteiger partial charge on any atom is 0.0722 e. The van der Waals surface area contributed by atoms with E-state index in [1.165, 1.54) is 49.1 Å². The van der Waals surface area contributed by atoms with E-state index in [-0.39, 0.29) is 0 Å². The van der Waals surface area contributed by atoms with Crippen molar-refractivity contribution < 1.29 is 0 Å². The number of rotatable bonds is 3. The fraction of sp³-hybridized carbons (Fsp3) is 0. The minimum Gasteiger partial charge on any atom is -0.309 e. The molecular weight excluding hydrogens is 472 g/mol. The topological polar surface area (TPSA) is 17.8 Å². The Morgan fingerprint density at radius 2 is 1.10 bits per heavy atom. The maximum absolute atomic E-state index is 5.13. The largest absolute Gasteiger partial charge is 0.309 e. The molecule has 0 fully saturated rings. The van der Waals surface area contributed by atoms with Crippen molar-refractivity contribution in [2.75, 3.05) is 0 Å². The van der Waals surface area contributed by atoms with E-state index in [0.717, 1.165) is 22.5 Å². The Morgan fingerprint density at radius 1 is 0.462 bits per heavy atom. The summed E-state index contributed by atoms with van der Waals surface area (Å²) in [5, 5.41) is 6.17. The molecule has 0 aliphatic heterocycles. The van der Waals surface area contributed by atoms with E-state index in [2.05, 4.69) is 144 Å². The number of fused-ring (bicyclic) bond motifs is 6. The maximum atomic E-state index is 5.13. The van der Waals surface area contributed by atoms with Gasteiger partial charge in [0.1, 0.15) is 0 Å². The molecule has 0 saturated heterocycles. The Hall–Kier alpha value is -5.21. The van der Waals surface area contributed by atoms with Crippen LogP contribution in [0, 0.1) is 0 Å². The molecule has 0 unspecified atom stereocenters. The van der Waals surface area contributed by atoms with Crippen molar-refractivity contribution in [3.63, 3.8) is 0 Å². The summed E-state index contributed by atoms with van der Waals surface area (Å²) in [5.41, 5.74) is 9.05. The van der Waals surface area contributed by atoms with Gasteiger partial charge >= 0.3 is 0 Å². The van der Waals surface area contributed by atoms with Gasteiger partial charge in [0.2, 0.25) is 0 Å². The van der Waals surface area contributed by atoms with Crippen LogP contribution in [0.1, 0.15) is 0 Å². The summed E-state index contributed by atoms with van der Waals surface area (Å²) in [7, 11) is 0. The molecule has 0 aliphatic rings. The van der Waals surface area contributed by atoms with E-state index in [0.29, 0.717) is 0 Å². The van der Waals surface area contributed by atoms with Crippen LogP contribution in [0.25, 0.3) is 71.6 Å². The molecular formula is C37H24N2. The zero-order chi connectivity index (χ0) is 25.8. The fourth-order valence-electron chi connectivity index (χ4n) is 6.00. The molecule has 39 heavy (non-hydrogen) atoms. The molecule has 0 atom stereocenters. The highest BCUT2D eigenvalue weighted by molar-refractivity contribution is 6.14. The Balaban J connectivity index is 1.44. The van der Waals surface area contributed by atoms with Gasteiger partial charge in [-0.3, -0.25) is 0 Å². The van der Waals surface area contributed by atoms with Crippen LogP contribution >= 0.6 is 0 Å². The summed E-state index contributed by atoms with van der Waals surface area (Å²) in [6.07, 6.45) is 0. The second kappa shape index (κ2) is 8.68. The summed E-state index contributed by atoms with van der Waals surface area (Å²) in [6.45, 7) is 0. The van der Waals surface area contributed by atoms with Crippen LogP contribution in [0.3, 0.4) is 0 Å². The number of hydrogen-bond donors (Lipinski definition) is 0. The van der Waals surface area contributed by atoms with Gasteiger partial charge < -0.3 is 4.57 Å². The average molecular weight is 497 g/mol. The lowest BCUT2D eigenvalue weighted by atomic mass is 9.94. The van der Waals surface area contributed by atoms with Gasteiger partial charge in [0.15, 0.2) is 0 Å². The molecule has 0 saturated carbocycles. The Morgan fingerprint density at radius 3 is 1.87 bits per heavy atom. The summed E-state index contributed by atoms with van der Waals surface area (Å²) >= 11 is 0. The van der Waals surface area contributed by atoms with Gasteiger partial charge in [-0.25, -0.2) is 4.98 Å². The number of para-hydroxylation sites is 2. The highest BCUT2D eigenvalue weighted by Gasteiger charge is 2.15. The number of benzene rings is 6. The van der Waals surface area contributed by atoms with Gasteiger partial charge in [0.05, 0.1) is 22.2 Å². The second-order valence-corrected chi connectivity index (χ2v) is 10.0. The predicted molar refractivity (Wildman–Crippen MR) is 164 cm³/mol. The minimum absolute atomic E-state index is 0.982. The van der Waals surface area contributed by atoms with E-state index in [1.54, 1.807) is 0 Å². The zero-order valence-corrected chi connectivity index (χ0v) is 21.3. The Bertz CT molecular complexity index is 2120. The van der Waals surface area contributed by atoms with Crippen LogP contribution in [0.15, 0.2) is 146 Å². The van der Waals surface area contributed by atoms with Crippen LogP contribution in [-0.4, -0.2) is 9.55 Å². The van der Waals surface area contributed by atoms with Gasteiger partial charge in [-0.1, -0.05) is 109 Å². The van der Waals surface area contributed by atoms with Crippen LogP contribution in [0.4, 0.5) is 0 Å². The molecule has 0 bridgehead atoms. The lowest BCUT2D eigenvalue weighted by Gasteiger charge is -2.15. The van der Waals surface area contributed by atoms with Gasteiger partial charge in [0, 0.05) is 27.4 Å². The SMILES string of the molecule is c1ccc(-c2cc(-c3cccc(-n4c5ccccc5c5ccccc54)c3)c3c(ccc4ccccc43)n2)cc1. The van der Waals surface area contributed by atoms with Crippen molar-refractivity contribution in [3.8, 4) is 28.1 Å². The third-order valence-electron chi connectivity index (χ3n) is 7.76. The van der Waals surface area contributed by atoms with Crippen molar-refractivity contribution in [1.82, 2.24) is 9.55 Å². The molecule has 0 spiro atoms. The summed E-state index contributed by atoms with van der Waals surface area (Å²) in [4.78, 5) is 5.13. The molecule has 2 nitrogen and oxygen atoms in total.